The van der Waals surface area contributed by atoms with Crippen molar-refractivity contribution >= 4 is 23.2 Å². The van der Waals surface area contributed by atoms with E-state index >= 15 is 0 Å². The van der Waals surface area contributed by atoms with Gasteiger partial charge in [0, 0.05) is 44.6 Å². The highest BCUT2D eigenvalue weighted by molar-refractivity contribution is 7.09. The summed E-state index contributed by atoms with van der Waals surface area (Å²) in [5.41, 5.74) is 1.35. The highest BCUT2D eigenvalue weighted by atomic mass is 32.1. The fourth-order valence-corrected chi connectivity index (χ4v) is 4.26. The van der Waals surface area contributed by atoms with Crippen molar-refractivity contribution in [3.05, 3.63) is 58.3 Å². The van der Waals surface area contributed by atoms with E-state index in [0.29, 0.717) is 6.04 Å². The maximum atomic E-state index is 12.0. The number of piperidine rings is 1. The number of thiophene rings is 1. The molecule has 7 heteroatoms. The number of likely N-dealkylation sites (N-methyl/N-ethyl adjacent to an activating group) is 1. The number of nitrogens with one attached hydrogen (secondary N) is 2. The van der Waals surface area contributed by atoms with Gasteiger partial charge in [0.2, 0.25) is 5.91 Å². The summed E-state index contributed by atoms with van der Waals surface area (Å²) in [6.45, 7) is 4.01. The van der Waals surface area contributed by atoms with Gasteiger partial charge >= 0.3 is 0 Å². The first-order valence-corrected chi connectivity index (χ1v) is 11.5. The lowest BCUT2D eigenvalue weighted by Crippen LogP contribution is -2.51. The van der Waals surface area contributed by atoms with E-state index in [-0.39, 0.29) is 12.5 Å². The van der Waals surface area contributed by atoms with E-state index in [4.69, 9.17) is 0 Å². The third kappa shape index (κ3) is 7.46. The molecule has 3 rings (SSSR count). The van der Waals surface area contributed by atoms with Crippen molar-refractivity contribution < 1.29 is 4.79 Å². The standard InChI is InChI=1S/C23H33N5OS/c1-27(2)22(29)16-25-23(24-13-12-21-11-7-15-30-21)26-20-10-6-14-28(18-20)17-19-8-4-3-5-9-19/h3-5,7-9,11,15,20H,6,10,12-14,16-18H2,1-2H3,(H2,24,25,26). The van der Waals surface area contributed by atoms with Gasteiger partial charge in [-0.05, 0) is 42.8 Å². The molecular formula is C23H33N5OS. The van der Waals surface area contributed by atoms with Crippen molar-refractivity contribution in [1.29, 1.82) is 0 Å². The molecule has 1 aliphatic rings. The summed E-state index contributed by atoms with van der Waals surface area (Å²) < 4.78 is 0. The highest BCUT2D eigenvalue weighted by Gasteiger charge is 2.21. The molecule has 2 N–H and O–H groups in total. The van der Waals surface area contributed by atoms with Gasteiger partial charge in [0.15, 0.2) is 5.96 Å². The van der Waals surface area contributed by atoms with Crippen LogP contribution in [0.1, 0.15) is 23.3 Å². The molecule has 1 aliphatic heterocycles. The van der Waals surface area contributed by atoms with Gasteiger partial charge < -0.3 is 15.5 Å². The zero-order valence-electron chi connectivity index (χ0n) is 18.0. The fraction of sp³-hybridized carbons (Fsp3) is 0.478. The van der Waals surface area contributed by atoms with Crippen LogP contribution < -0.4 is 10.6 Å². The molecule has 0 spiro atoms. The Balaban J connectivity index is 1.55. The Kier molecular flexibility index (Phi) is 8.71. The van der Waals surface area contributed by atoms with Crippen molar-refractivity contribution in [1.82, 2.24) is 20.4 Å². The van der Waals surface area contributed by atoms with E-state index in [1.807, 2.05) is 0 Å². The SMILES string of the molecule is CN(C)C(=O)CN=C(NCCc1cccs1)NC1CCCN(Cc2ccccc2)C1. The van der Waals surface area contributed by atoms with Crippen LogP contribution in [0.3, 0.4) is 0 Å². The molecule has 0 radical (unpaired) electrons. The minimum atomic E-state index is 0.00343. The summed E-state index contributed by atoms with van der Waals surface area (Å²) in [6, 6.07) is 15.2. The highest BCUT2D eigenvalue weighted by Crippen LogP contribution is 2.14. The Morgan fingerprint density at radius 1 is 1.23 bits per heavy atom. The van der Waals surface area contributed by atoms with E-state index in [2.05, 4.69) is 68.4 Å². The van der Waals surface area contributed by atoms with Gasteiger partial charge in [-0.3, -0.25) is 9.69 Å². The number of hydrogen-bond donors (Lipinski definition) is 2. The second kappa shape index (κ2) is 11.7. The molecule has 1 atom stereocenters. The number of amides is 1. The molecule has 2 aromatic rings. The van der Waals surface area contributed by atoms with Gasteiger partial charge in [0.05, 0.1) is 0 Å². The molecule has 30 heavy (non-hydrogen) atoms. The van der Waals surface area contributed by atoms with Crippen LogP contribution in [0.2, 0.25) is 0 Å². The third-order valence-corrected chi connectivity index (χ3v) is 6.15. The molecule has 1 saturated heterocycles. The number of carbonyl (C=O) groups is 1. The number of hydrogen-bond acceptors (Lipinski definition) is 4. The van der Waals surface area contributed by atoms with Crippen LogP contribution in [0.25, 0.3) is 0 Å². The number of rotatable bonds is 8. The van der Waals surface area contributed by atoms with Crippen LogP contribution in [0, 0.1) is 0 Å². The van der Waals surface area contributed by atoms with E-state index in [1.54, 1.807) is 30.3 Å². The average molecular weight is 428 g/mol. The molecule has 0 saturated carbocycles. The Labute approximate surface area is 184 Å². The quantitative estimate of drug-likeness (QED) is 0.502. The fourth-order valence-electron chi connectivity index (χ4n) is 3.55. The Morgan fingerprint density at radius 2 is 2.07 bits per heavy atom. The second-order valence-corrected chi connectivity index (χ2v) is 8.95. The zero-order chi connectivity index (χ0) is 21.2. The molecule has 1 aromatic carbocycles. The van der Waals surface area contributed by atoms with Crippen molar-refractivity contribution in [2.24, 2.45) is 4.99 Å². The van der Waals surface area contributed by atoms with Crippen molar-refractivity contribution in [2.45, 2.75) is 31.8 Å². The molecule has 1 fully saturated rings. The van der Waals surface area contributed by atoms with Gasteiger partial charge in [-0.15, -0.1) is 11.3 Å². The molecular weight excluding hydrogens is 394 g/mol. The number of nitrogens with zero attached hydrogens (tertiary/aromatic N) is 3. The summed E-state index contributed by atoms with van der Waals surface area (Å²) in [4.78, 5) is 22.0. The molecule has 1 amide bonds. The maximum Gasteiger partial charge on any atom is 0.243 e. The summed E-state index contributed by atoms with van der Waals surface area (Å²) in [5.74, 6) is 0.733. The first kappa shape index (κ1) is 22.3. The van der Waals surface area contributed by atoms with Crippen LogP contribution in [0.4, 0.5) is 0 Å². The number of guanidine groups is 1. The largest absolute Gasteiger partial charge is 0.356 e. The summed E-state index contributed by atoms with van der Waals surface area (Å²) in [5, 5.41) is 9.10. The van der Waals surface area contributed by atoms with E-state index in [0.717, 1.165) is 51.4 Å². The molecule has 1 aromatic heterocycles. The normalized spacial score (nSPS) is 17.5. The smallest absolute Gasteiger partial charge is 0.243 e. The average Bonchev–Trinajstić information content (AvgIpc) is 3.26. The Bertz CT molecular complexity index is 791. The zero-order valence-corrected chi connectivity index (χ0v) is 18.8. The molecule has 162 valence electrons. The lowest BCUT2D eigenvalue weighted by Gasteiger charge is -2.34. The van der Waals surface area contributed by atoms with Crippen LogP contribution >= 0.6 is 11.3 Å². The van der Waals surface area contributed by atoms with Crippen LogP contribution in [0.5, 0.6) is 0 Å². The lowest BCUT2D eigenvalue weighted by atomic mass is 10.0. The lowest BCUT2D eigenvalue weighted by molar-refractivity contribution is -0.127. The third-order valence-electron chi connectivity index (χ3n) is 5.21. The number of carbonyl (C=O) groups excluding carboxylic acids is 1. The van der Waals surface area contributed by atoms with Crippen molar-refractivity contribution in [3.8, 4) is 0 Å². The van der Waals surface area contributed by atoms with Gasteiger partial charge in [-0.25, -0.2) is 4.99 Å². The van der Waals surface area contributed by atoms with Crippen LogP contribution in [-0.2, 0) is 17.8 Å². The number of benzene rings is 1. The summed E-state index contributed by atoms with van der Waals surface area (Å²) in [6.07, 6.45) is 3.22. The van der Waals surface area contributed by atoms with Gasteiger partial charge in [-0.2, -0.15) is 0 Å². The van der Waals surface area contributed by atoms with E-state index in [1.165, 1.54) is 10.4 Å². The molecule has 2 heterocycles. The summed E-state index contributed by atoms with van der Waals surface area (Å²) >= 11 is 1.77. The maximum absolute atomic E-state index is 12.0. The van der Waals surface area contributed by atoms with Crippen molar-refractivity contribution in [3.63, 3.8) is 0 Å². The monoisotopic (exact) mass is 427 g/mol. The van der Waals surface area contributed by atoms with Crippen LogP contribution in [-0.4, -0.2) is 68.0 Å². The van der Waals surface area contributed by atoms with E-state index in [9.17, 15) is 4.79 Å². The van der Waals surface area contributed by atoms with Gasteiger partial charge in [0.1, 0.15) is 6.54 Å². The van der Waals surface area contributed by atoms with Crippen molar-refractivity contribution in [2.75, 3.05) is 40.3 Å². The molecule has 0 aliphatic carbocycles. The minimum absolute atomic E-state index is 0.00343. The van der Waals surface area contributed by atoms with Gasteiger partial charge in [0.25, 0.3) is 0 Å². The Morgan fingerprint density at radius 3 is 2.80 bits per heavy atom. The minimum Gasteiger partial charge on any atom is -0.356 e. The molecule has 0 bridgehead atoms. The number of likely N-dealkylation sites (tertiary alicyclic amines) is 1. The number of aliphatic imine (C=N–C) groups is 1. The van der Waals surface area contributed by atoms with Gasteiger partial charge in [-0.1, -0.05) is 36.4 Å². The van der Waals surface area contributed by atoms with E-state index < -0.39 is 0 Å². The summed E-state index contributed by atoms with van der Waals surface area (Å²) in [7, 11) is 3.52. The molecule has 1 unspecified atom stereocenters. The first-order valence-electron chi connectivity index (χ1n) is 10.6. The second-order valence-electron chi connectivity index (χ2n) is 7.91. The topological polar surface area (TPSA) is 60.0 Å². The predicted octanol–water partition coefficient (Wildman–Crippen LogP) is 2.58. The Hall–Kier alpha value is -2.38. The van der Waals surface area contributed by atoms with Crippen LogP contribution in [0.15, 0.2) is 52.8 Å². The first-order chi connectivity index (χ1) is 14.6. The predicted molar refractivity (Wildman–Crippen MR) is 125 cm³/mol. The molecule has 6 nitrogen and oxygen atoms in total.